The Morgan fingerprint density at radius 2 is 1.79 bits per heavy atom. The van der Waals surface area contributed by atoms with Gasteiger partial charge in [0.2, 0.25) is 5.91 Å². The highest BCUT2D eigenvalue weighted by atomic mass is 16.5. The van der Waals surface area contributed by atoms with Crippen molar-refractivity contribution < 1.29 is 14.3 Å². The first-order chi connectivity index (χ1) is 8.99. The van der Waals surface area contributed by atoms with Gasteiger partial charge in [0.1, 0.15) is 6.54 Å². The van der Waals surface area contributed by atoms with Crippen LogP contribution in [0.5, 0.6) is 0 Å². The molecule has 0 aromatic carbocycles. The smallest absolute Gasteiger partial charge is 0.325 e. The molecule has 0 bridgehead atoms. The van der Waals surface area contributed by atoms with Crippen molar-refractivity contribution in [2.45, 2.75) is 52.5 Å². The minimum absolute atomic E-state index is 0.0107. The number of nitrogens with zero attached hydrogens (tertiary/aromatic N) is 1. The number of rotatable bonds is 9. The fourth-order valence-electron chi connectivity index (χ4n) is 1.98. The second kappa shape index (κ2) is 9.78. The van der Waals surface area contributed by atoms with Gasteiger partial charge in [-0.2, -0.15) is 0 Å². The molecule has 5 nitrogen and oxygen atoms in total. The average Bonchev–Trinajstić information content (AvgIpc) is 2.42. The molecule has 0 heterocycles. The van der Waals surface area contributed by atoms with Crippen LogP contribution in [-0.2, 0) is 14.3 Å². The number of ether oxygens (including phenoxy) is 1. The molecule has 0 fully saturated rings. The van der Waals surface area contributed by atoms with Crippen molar-refractivity contribution in [2.75, 3.05) is 20.2 Å². The summed E-state index contributed by atoms with van der Waals surface area (Å²) in [5, 5.41) is 0. The second-order valence-electron chi connectivity index (χ2n) is 4.87. The lowest BCUT2D eigenvalue weighted by atomic mass is 10.0. The van der Waals surface area contributed by atoms with Crippen LogP contribution in [0, 0.1) is 5.92 Å². The van der Waals surface area contributed by atoms with Gasteiger partial charge < -0.3 is 15.4 Å². The third-order valence-corrected chi connectivity index (χ3v) is 3.41. The van der Waals surface area contributed by atoms with Gasteiger partial charge in [0, 0.05) is 6.54 Å². The lowest BCUT2D eigenvalue weighted by Crippen LogP contribution is -2.47. The average molecular weight is 272 g/mol. The van der Waals surface area contributed by atoms with Gasteiger partial charge in [-0.3, -0.25) is 9.59 Å². The highest BCUT2D eigenvalue weighted by Crippen LogP contribution is 2.11. The predicted molar refractivity (Wildman–Crippen MR) is 75.6 cm³/mol. The number of carbonyl (C=O) groups excluding carboxylic acids is 2. The number of nitrogens with two attached hydrogens (primary N) is 1. The zero-order chi connectivity index (χ0) is 14.8. The quantitative estimate of drug-likeness (QED) is 0.646. The molecule has 1 atom stereocenters. The van der Waals surface area contributed by atoms with Crippen molar-refractivity contribution in [3.63, 3.8) is 0 Å². The number of carbonyl (C=O) groups is 2. The second-order valence-corrected chi connectivity index (χ2v) is 4.87. The van der Waals surface area contributed by atoms with Crippen molar-refractivity contribution in [3.8, 4) is 0 Å². The van der Waals surface area contributed by atoms with E-state index in [2.05, 4.69) is 18.6 Å². The molecule has 0 spiro atoms. The predicted octanol–water partition coefficient (Wildman–Crippen LogP) is 1.55. The fraction of sp³-hybridized carbons (Fsp3) is 0.857. The molecule has 0 rings (SSSR count). The lowest BCUT2D eigenvalue weighted by molar-refractivity contribution is -0.148. The van der Waals surface area contributed by atoms with Crippen molar-refractivity contribution in [2.24, 2.45) is 11.7 Å². The van der Waals surface area contributed by atoms with Gasteiger partial charge in [-0.05, 0) is 12.3 Å². The lowest BCUT2D eigenvalue weighted by Gasteiger charge is -2.28. The summed E-state index contributed by atoms with van der Waals surface area (Å²) in [7, 11) is 1.33. The van der Waals surface area contributed by atoms with E-state index in [-0.39, 0.29) is 12.5 Å². The molecule has 0 aromatic heterocycles. The zero-order valence-electron chi connectivity index (χ0n) is 12.6. The van der Waals surface area contributed by atoms with Crippen LogP contribution < -0.4 is 5.73 Å². The van der Waals surface area contributed by atoms with E-state index in [1.165, 1.54) is 7.11 Å². The Morgan fingerprint density at radius 3 is 2.21 bits per heavy atom. The van der Waals surface area contributed by atoms with Crippen LogP contribution in [0.1, 0.15) is 46.5 Å². The van der Waals surface area contributed by atoms with Crippen molar-refractivity contribution in [1.82, 2.24) is 4.90 Å². The van der Waals surface area contributed by atoms with E-state index in [4.69, 9.17) is 5.73 Å². The largest absolute Gasteiger partial charge is 0.468 e. The summed E-state index contributed by atoms with van der Waals surface area (Å²) in [6.45, 7) is 6.71. The van der Waals surface area contributed by atoms with E-state index in [9.17, 15) is 9.59 Å². The van der Waals surface area contributed by atoms with Crippen LogP contribution in [0.25, 0.3) is 0 Å². The molecule has 5 heteroatoms. The molecule has 112 valence electrons. The Balaban J connectivity index is 4.73. The molecule has 0 aromatic rings. The molecule has 2 N–H and O–H groups in total. The zero-order valence-corrected chi connectivity index (χ0v) is 12.6. The Bertz CT molecular complexity index is 278. The monoisotopic (exact) mass is 272 g/mol. The Hall–Kier alpha value is -1.10. The maximum Gasteiger partial charge on any atom is 0.325 e. The molecule has 0 saturated heterocycles. The topological polar surface area (TPSA) is 72.6 Å². The number of esters is 1. The summed E-state index contributed by atoms with van der Waals surface area (Å²) in [6, 6.07) is -0.524. The Morgan fingerprint density at radius 1 is 1.21 bits per heavy atom. The van der Waals surface area contributed by atoms with E-state index in [0.717, 1.165) is 19.3 Å². The van der Waals surface area contributed by atoms with Crippen molar-refractivity contribution in [3.05, 3.63) is 0 Å². The first-order valence-corrected chi connectivity index (χ1v) is 7.11. The van der Waals surface area contributed by atoms with Crippen LogP contribution in [0.2, 0.25) is 0 Å². The Kier molecular flexibility index (Phi) is 9.21. The van der Waals surface area contributed by atoms with Gasteiger partial charge in [-0.15, -0.1) is 0 Å². The minimum Gasteiger partial charge on any atom is -0.468 e. The molecule has 0 aliphatic heterocycles. The first-order valence-electron chi connectivity index (χ1n) is 7.11. The van der Waals surface area contributed by atoms with Gasteiger partial charge in [-0.1, -0.05) is 40.0 Å². The van der Waals surface area contributed by atoms with Gasteiger partial charge in [0.25, 0.3) is 0 Å². The fourth-order valence-corrected chi connectivity index (χ4v) is 1.98. The highest BCUT2D eigenvalue weighted by Gasteiger charge is 2.24. The molecule has 0 radical (unpaired) electrons. The number of hydrogen-bond acceptors (Lipinski definition) is 4. The summed E-state index contributed by atoms with van der Waals surface area (Å²) in [5.41, 5.74) is 5.86. The van der Waals surface area contributed by atoms with Crippen molar-refractivity contribution in [1.29, 1.82) is 0 Å². The van der Waals surface area contributed by atoms with Crippen LogP contribution in [0.3, 0.4) is 0 Å². The van der Waals surface area contributed by atoms with Crippen LogP contribution in [0.4, 0.5) is 0 Å². The number of hydrogen-bond donors (Lipinski definition) is 1. The van der Waals surface area contributed by atoms with Crippen LogP contribution >= 0.6 is 0 Å². The number of methoxy groups -OCH3 is 1. The van der Waals surface area contributed by atoms with Crippen LogP contribution in [0.15, 0.2) is 0 Å². The van der Waals surface area contributed by atoms with E-state index in [1.807, 2.05) is 6.92 Å². The molecule has 19 heavy (non-hydrogen) atoms. The molecule has 0 saturated carbocycles. The normalized spacial score (nSPS) is 12.3. The maximum absolute atomic E-state index is 12.2. The van der Waals surface area contributed by atoms with E-state index in [1.54, 1.807) is 4.90 Å². The summed E-state index contributed by atoms with van der Waals surface area (Å²) in [5.74, 6) is -0.162. The summed E-state index contributed by atoms with van der Waals surface area (Å²) in [4.78, 5) is 25.2. The summed E-state index contributed by atoms with van der Waals surface area (Å²) >= 11 is 0. The van der Waals surface area contributed by atoms with E-state index in [0.29, 0.717) is 18.9 Å². The van der Waals surface area contributed by atoms with Crippen molar-refractivity contribution >= 4 is 11.9 Å². The minimum atomic E-state index is -0.524. The van der Waals surface area contributed by atoms with E-state index >= 15 is 0 Å². The van der Waals surface area contributed by atoms with Gasteiger partial charge in [-0.25, -0.2) is 0 Å². The molecule has 0 aliphatic carbocycles. The number of amides is 1. The van der Waals surface area contributed by atoms with E-state index < -0.39 is 12.0 Å². The molecular weight excluding hydrogens is 244 g/mol. The SMILES string of the molecule is CCCC(N)C(=O)N(CC(=O)OC)CC(CC)CC. The van der Waals surface area contributed by atoms with Gasteiger partial charge in [0.05, 0.1) is 13.2 Å². The third kappa shape index (κ3) is 6.57. The summed E-state index contributed by atoms with van der Waals surface area (Å²) in [6.07, 6.45) is 3.44. The van der Waals surface area contributed by atoms with Crippen LogP contribution in [-0.4, -0.2) is 43.0 Å². The Labute approximate surface area is 116 Å². The molecule has 0 aliphatic rings. The van der Waals surface area contributed by atoms with Gasteiger partial charge in [0.15, 0.2) is 0 Å². The standard InChI is InChI=1S/C14H28N2O3/c1-5-8-12(15)14(18)16(10-13(17)19-4)9-11(6-2)7-3/h11-12H,5-10,15H2,1-4H3. The highest BCUT2D eigenvalue weighted by molar-refractivity contribution is 5.85. The maximum atomic E-state index is 12.2. The molecule has 1 amide bonds. The molecular formula is C14H28N2O3. The first kappa shape index (κ1) is 17.9. The van der Waals surface area contributed by atoms with Gasteiger partial charge >= 0.3 is 5.97 Å². The molecule has 1 unspecified atom stereocenters. The summed E-state index contributed by atoms with van der Waals surface area (Å²) < 4.78 is 4.65. The third-order valence-electron chi connectivity index (χ3n) is 3.41.